The summed E-state index contributed by atoms with van der Waals surface area (Å²) < 4.78 is 5.18. The largest absolute Gasteiger partial charge is 0.497 e. The molecule has 0 bridgehead atoms. The minimum atomic E-state index is 0.543. The van der Waals surface area contributed by atoms with Crippen molar-refractivity contribution in [3.8, 4) is 23.1 Å². The molecule has 0 fully saturated rings. The van der Waals surface area contributed by atoms with E-state index < -0.39 is 0 Å². The van der Waals surface area contributed by atoms with Crippen LogP contribution in [-0.2, 0) is 0 Å². The zero-order valence-corrected chi connectivity index (χ0v) is 14.9. The number of allylic oxidation sites excluding steroid dienone is 1. The molecule has 0 aliphatic rings. The molecule has 2 heterocycles. The van der Waals surface area contributed by atoms with Crippen LogP contribution in [0.3, 0.4) is 0 Å². The first kappa shape index (κ1) is 16.1. The number of methoxy groups -OCH3 is 1. The second kappa shape index (κ2) is 6.87. The average Bonchev–Trinajstić information content (AvgIpc) is 3.33. The molecule has 0 amide bonds. The number of nitriles is 1. The fourth-order valence-electron chi connectivity index (χ4n) is 2.76. The van der Waals surface area contributed by atoms with Crippen molar-refractivity contribution in [1.82, 2.24) is 9.97 Å². The molecule has 0 radical (unpaired) electrons. The highest BCUT2D eigenvalue weighted by Gasteiger charge is 2.10. The first-order chi connectivity index (χ1) is 12.8. The number of thiazole rings is 1. The fourth-order valence-corrected chi connectivity index (χ4v) is 3.56. The maximum Gasteiger partial charge on any atom is 0.134 e. The highest BCUT2D eigenvalue weighted by atomic mass is 32.1. The van der Waals surface area contributed by atoms with E-state index in [1.54, 1.807) is 7.11 Å². The van der Waals surface area contributed by atoms with Crippen LogP contribution >= 0.6 is 11.3 Å². The lowest BCUT2D eigenvalue weighted by atomic mass is 10.1. The van der Waals surface area contributed by atoms with Crippen LogP contribution in [0.15, 0.2) is 60.0 Å². The summed E-state index contributed by atoms with van der Waals surface area (Å²) in [6.07, 6.45) is 1.84. The minimum Gasteiger partial charge on any atom is -0.497 e. The van der Waals surface area contributed by atoms with E-state index in [1.165, 1.54) is 11.3 Å². The number of nitrogens with one attached hydrogen (secondary N) is 1. The number of benzene rings is 2. The Labute approximate surface area is 155 Å². The number of H-pyrrole nitrogens is 1. The van der Waals surface area contributed by atoms with Crippen LogP contribution in [0, 0.1) is 11.3 Å². The Morgan fingerprint density at radius 1 is 1.19 bits per heavy atom. The molecule has 5 heteroatoms. The second-order valence-corrected chi connectivity index (χ2v) is 6.61. The van der Waals surface area contributed by atoms with Crippen LogP contribution in [0.4, 0.5) is 0 Å². The second-order valence-electron chi connectivity index (χ2n) is 5.75. The third-order valence-corrected chi connectivity index (χ3v) is 4.97. The minimum absolute atomic E-state index is 0.543. The SMILES string of the molecule is COc1ccc(-c2csc(/C(C#N)=C/c3cc4ccccc4[nH]3)n2)cc1. The van der Waals surface area contributed by atoms with Gasteiger partial charge < -0.3 is 9.72 Å². The zero-order valence-electron chi connectivity index (χ0n) is 14.1. The van der Waals surface area contributed by atoms with Crippen LogP contribution < -0.4 is 4.74 Å². The van der Waals surface area contributed by atoms with Gasteiger partial charge >= 0.3 is 0 Å². The predicted octanol–water partition coefficient (Wildman–Crippen LogP) is 5.36. The Bertz CT molecular complexity index is 1100. The topological polar surface area (TPSA) is 61.7 Å². The van der Waals surface area contributed by atoms with Crippen LogP contribution in [0.25, 0.3) is 33.8 Å². The van der Waals surface area contributed by atoms with E-state index >= 15 is 0 Å². The smallest absolute Gasteiger partial charge is 0.134 e. The molecule has 0 atom stereocenters. The van der Waals surface area contributed by atoms with Gasteiger partial charge in [0.25, 0.3) is 0 Å². The molecule has 4 nitrogen and oxygen atoms in total. The highest BCUT2D eigenvalue weighted by Crippen LogP contribution is 2.28. The normalized spacial score (nSPS) is 11.5. The average molecular weight is 357 g/mol. The van der Waals surface area contributed by atoms with Crippen molar-refractivity contribution in [2.45, 2.75) is 0 Å². The zero-order chi connectivity index (χ0) is 17.9. The van der Waals surface area contributed by atoms with Crippen molar-refractivity contribution in [2.24, 2.45) is 0 Å². The monoisotopic (exact) mass is 357 g/mol. The first-order valence-corrected chi connectivity index (χ1v) is 8.94. The first-order valence-electron chi connectivity index (χ1n) is 8.07. The lowest BCUT2D eigenvalue weighted by molar-refractivity contribution is 0.415. The number of hydrogen-bond acceptors (Lipinski definition) is 4. The van der Waals surface area contributed by atoms with Gasteiger partial charge in [0.15, 0.2) is 0 Å². The molecule has 2 aromatic heterocycles. The number of rotatable bonds is 4. The Kier molecular flexibility index (Phi) is 4.26. The standard InChI is InChI=1S/C21H15N3OS/c1-25-18-8-6-14(7-9-18)20-13-26-21(24-20)16(12-22)11-17-10-15-4-2-3-5-19(15)23-17/h2-11,13,23H,1H3/b16-11+. The molecule has 2 aromatic carbocycles. The quantitative estimate of drug-likeness (QED) is 0.500. The van der Waals surface area contributed by atoms with Crippen LogP contribution in [0.1, 0.15) is 10.7 Å². The van der Waals surface area contributed by atoms with Crippen molar-refractivity contribution in [3.63, 3.8) is 0 Å². The van der Waals surface area contributed by atoms with Gasteiger partial charge in [-0.05, 0) is 47.9 Å². The van der Waals surface area contributed by atoms with E-state index in [9.17, 15) is 5.26 Å². The summed E-state index contributed by atoms with van der Waals surface area (Å²) in [6.45, 7) is 0. The molecule has 1 N–H and O–H groups in total. The molecule has 0 aliphatic heterocycles. The van der Waals surface area contributed by atoms with E-state index in [1.807, 2.05) is 66.1 Å². The number of aromatic amines is 1. The van der Waals surface area contributed by atoms with Gasteiger partial charge in [-0.3, -0.25) is 0 Å². The van der Waals surface area contributed by atoms with Crippen LogP contribution in [0.5, 0.6) is 5.75 Å². The Morgan fingerprint density at radius 2 is 2.00 bits per heavy atom. The molecule has 0 aliphatic carbocycles. The molecule has 0 unspecified atom stereocenters. The van der Waals surface area contributed by atoms with E-state index in [0.717, 1.165) is 33.6 Å². The van der Waals surface area contributed by atoms with Crippen LogP contribution in [0.2, 0.25) is 0 Å². The summed E-state index contributed by atoms with van der Waals surface area (Å²) in [4.78, 5) is 7.95. The van der Waals surface area contributed by atoms with E-state index in [4.69, 9.17) is 4.74 Å². The molecule has 0 spiro atoms. The molecule has 26 heavy (non-hydrogen) atoms. The maximum atomic E-state index is 9.58. The van der Waals surface area contributed by atoms with Gasteiger partial charge in [-0.15, -0.1) is 11.3 Å². The third kappa shape index (κ3) is 3.10. The molecular formula is C21H15N3OS. The van der Waals surface area contributed by atoms with Crippen LogP contribution in [-0.4, -0.2) is 17.1 Å². The molecule has 126 valence electrons. The van der Waals surface area contributed by atoms with Crippen molar-refractivity contribution < 1.29 is 4.74 Å². The van der Waals surface area contributed by atoms with E-state index in [-0.39, 0.29) is 0 Å². The number of fused-ring (bicyclic) bond motifs is 1. The summed E-state index contributed by atoms with van der Waals surface area (Å²) >= 11 is 1.47. The number of hydrogen-bond donors (Lipinski definition) is 1. The summed E-state index contributed by atoms with van der Waals surface area (Å²) in [6, 6.07) is 20.1. The Morgan fingerprint density at radius 3 is 2.73 bits per heavy atom. The van der Waals surface area contributed by atoms with Gasteiger partial charge in [0, 0.05) is 22.2 Å². The van der Waals surface area contributed by atoms with Crippen molar-refractivity contribution in [1.29, 1.82) is 5.26 Å². The Balaban J connectivity index is 1.66. The van der Waals surface area contributed by atoms with Gasteiger partial charge in [-0.1, -0.05) is 18.2 Å². The van der Waals surface area contributed by atoms with Gasteiger partial charge in [-0.25, -0.2) is 4.98 Å². The molecule has 0 saturated carbocycles. The number of para-hydroxylation sites is 1. The van der Waals surface area contributed by atoms with Gasteiger partial charge in [-0.2, -0.15) is 5.26 Å². The summed E-state index contributed by atoms with van der Waals surface area (Å²) in [5.74, 6) is 0.806. The van der Waals surface area contributed by atoms with Gasteiger partial charge in [0.05, 0.1) is 18.4 Å². The summed E-state index contributed by atoms with van der Waals surface area (Å²) in [5, 5.41) is 13.4. The van der Waals surface area contributed by atoms with Gasteiger partial charge in [0.2, 0.25) is 0 Å². The molecule has 4 aromatic rings. The molecular weight excluding hydrogens is 342 g/mol. The number of aromatic nitrogens is 2. The van der Waals surface area contributed by atoms with Crippen molar-refractivity contribution in [3.05, 3.63) is 70.7 Å². The Hall–Kier alpha value is -3.36. The number of nitrogens with zero attached hydrogens (tertiary/aromatic N) is 2. The summed E-state index contributed by atoms with van der Waals surface area (Å²) in [7, 11) is 1.64. The predicted molar refractivity (Wildman–Crippen MR) is 106 cm³/mol. The van der Waals surface area contributed by atoms with Crippen molar-refractivity contribution in [2.75, 3.05) is 7.11 Å². The van der Waals surface area contributed by atoms with E-state index in [2.05, 4.69) is 16.0 Å². The summed E-state index contributed by atoms with van der Waals surface area (Å²) in [5.41, 5.74) is 4.33. The van der Waals surface area contributed by atoms with Gasteiger partial charge in [0.1, 0.15) is 16.8 Å². The maximum absolute atomic E-state index is 9.58. The molecule has 4 rings (SSSR count). The highest BCUT2D eigenvalue weighted by molar-refractivity contribution is 7.11. The lowest BCUT2D eigenvalue weighted by Crippen LogP contribution is -1.84. The fraction of sp³-hybridized carbons (Fsp3) is 0.0476. The molecule has 0 saturated heterocycles. The third-order valence-electron chi connectivity index (χ3n) is 4.09. The lowest BCUT2D eigenvalue weighted by Gasteiger charge is -2.00. The number of ether oxygens (including phenoxy) is 1. The van der Waals surface area contributed by atoms with Crippen molar-refractivity contribution >= 4 is 33.9 Å². The van der Waals surface area contributed by atoms with E-state index in [0.29, 0.717) is 10.6 Å².